The van der Waals surface area contributed by atoms with Gasteiger partial charge in [0.15, 0.2) is 5.96 Å². The summed E-state index contributed by atoms with van der Waals surface area (Å²) in [6.07, 6.45) is 7.63. The molecule has 0 radical (unpaired) electrons. The SMILES string of the molecule is CN=C(NC1CC1c1ccc(C(C)C)cc1)N1CCC(OCC2CCCCO2)CC1.I. The van der Waals surface area contributed by atoms with E-state index in [1.165, 1.54) is 30.4 Å². The highest BCUT2D eigenvalue weighted by Crippen LogP contribution is 2.41. The maximum atomic E-state index is 6.17. The number of hydrogen-bond acceptors (Lipinski definition) is 3. The molecule has 3 aliphatic rings. The summed E-state index contributed by atoms with van der Waals surface area (Å²) in [6, 6.07) is 9.69. The number of piperidine rings is 1. The summed E-state index contributed by atoms with van der Waals surface area (Å²) < 4.78 is 12.0. The first-order valence-electron chi connectivity index (χ1n) is 12.0. The Bertz CT molecular complexity index is 695. The molecule has 2 aliphatic heterocycles. The Morgan fingerprint density at radius 2 is 1.90 bits per heavy atom. The fraction of sp³-hybridized carbons (Fsp3) is 0.720. The van der Waals surface area contributed by atoms with E-state index in [2.05, 4.69) is 53.3 Å². The molecular weight excluding hydrogens is 501 g/mol. The lowest BCUT2D eigenvalue weighted by Crippen LogP contribution is -2.48. The van der Waals surface area contributed by atoms with E-state index >= 15 is 0 Å². The van der Waals surface area contributed by atoms with Crippen LogP contribution in [0.1, 0.15) is 75.3 Å². The van der Waals surface area contributed by atoms with Crippen LogP contribution < -0.4 is 5.32 Å². The summed E-state index contributed by atoms with van der Waals surface area (Å²) in [5, 5.41) is 3.71. The van der Waals surface area contributed by atoms with Gasteiger partial charge in [0.1, 0.15) is 0 Å². The van der Waals surface area contributed by atoms with Crippen molar-refractivity contribution in [3.63, 3.8) is 0 Å². The quantitative estimate of drug-likeness (QED) is 0.316. The molecular formula is C25H40IN3O2. The molecule has 31 heavy (non-hydrogen) atoms. The molecule has 5 nitrogen and oxygen atoms in total. The van der Waals surface area contributed by atoms with Gasteiger partial charge in [-0.3, -0.25) is 4.99 Å². The van der Waals surface area contributed by atoms with Crippen molar-refractivity contribution in [3.05, 3.63) is 35.4 Å². The first-order valence-corrected chi connectivity index (χ1v) is 12.0. The largest absolute Gasteiger partial charge is 0.376 e. The van der Waals surface area contributed by atoms with Gasteiger partial charge >= 0.3 is 0 Å². The Balaban J connectivity index is 0.00000272. The number of benzene rings is 1. The van der Waals surface area contributed by atoms with Crippen molar-refractivity contribution in [3.8, 4) is 0 Å². The molecule has 2 saturated heterocycles. The molecule has 1 aromatic carbocycles. The molecule has 6 heteroatoms. The van der Waals surface area contributed by atoms with Crippen molar-refractivity contribution in [1.29, 1.82) is 0 Å². The standard InChI is InChI=1S/C25H39N3O2.HI/c1-18(2)19-7-9-20(10-8-19)23-16-24(23)27-25(26-3)28-13-11-21(12-14-28)30-17-22-6-4-5-15-29-22;/h7-10,18,21-24H,4-6,11-17H2,1-3H3,(H,26,27);1H. The number of hydrogen-bond donors (Lipinski definition) is 1. The molecule has 0 spiro atoms. The minimum atomic E-state index is 0. The van der Waals surface area contributed by atoms with E-state index in [9.17, 15) is 0 Å². The fourth-order valence-electron chi connectivity index (χ4n) is 4.73. The summed E-state index contributed by atoms with van der Waals surface area (Å²) in [5.41, 5.74) is 2.87. The predicted octanol–water partition coefficient (Wildman–Crippen LogP) is 4.91. The Morgan fingerprint density at radius 1 is 1.16 bits per heavy atom. The van der Waals surface area contributed by atoms with Gasteiger partial charge in [0.05, 0.1) is 18.8 Å². The van der Waals surface area contributed by atoms with Crippen molar-refractivity contribution in [2.24, 2.45) is 4.99 Å². The number of halogens is 1. The van der Waals surface area contributed by atoms with Gasteiger partial charge in [-0.25, -0.2) is 0 Å². The van der Waals surface area contributed by atoms with Crippen molar-refractivity contribution in [1.82, 2.24) is 10.2 Å². The van der Waals surface area contributed by atoms with Crippen LogP contribution >= 0.6 is 24.0 Å². The number of guanidine groups is 1. The van der Waals surface area contributed by atoms with Crippen LogP contribution in [0.2, 0.25) is 0 Å². The third-order valence-electron chi connectivity index (χ3n) is 6.88. The zero-order valence-electron chi connectivity index (χ0n) is 19.4. The van der Waals surface area contributed by atoms with Gasteiger partial charge in [0.2, 0.25) is 0 Å². The maximum Gasteiger partial charge on any atom is 0.193 e. The van der Waals surface area contributed by atoms with Gasteiger partial charge in [0.25, 0.3) is 0 Å². The molecule has 4 rings (SSSR count). The summed E-state index contributed by atoms with van der Waals surface area (Å²) in [4.78, 5) is 6.97. The van der Waals surface area contributed by atoms with Crippen LogP contribution in [-0.4, -0.2) is 62.5 Å². The summed E-state index contributed by atoms with van der Waals surface area (Å²) >= 11 is 0. The third kappa shape index (κ3) is 6.81. The van der Waals surface area contributed by atoms with Crippen molar-refractivity contribution < 1.29 is 9.47 Å². The van der Waals surface area contributed by atoms with Gasteiger partial charge in [-0.05, 0) is 55.6 Å². The lowest BCUT2D eigenvalue weighted by Gasteiger charge is -2.35. The van der Waals surface area contributed by atoms with E-state index in [0.29, 0.717) is 30.1 Å². The second-order valence-electron chi connectivity index (χ2n) is 9.47. The maximum absolute atomic E-state index is 6.17. The molecule has 1 N–H and O–H groups in total. The molecule has 1 saturated carbocycles. The molecule has 174 valence electrons. The number of rotatable bonds is 6. The Labute approximate surface area is 205 Å². The second-order valence-corrected chi connectivity index (χ2v) is 9.47. The average molecular weight is 542 g/mol. The summed E-state index contributed by atoms with van der Waals surface area (Å²) in [7, 11) is 1.90. The Morgan fingerprint density at radius 3 is 2.52 bits per heavy atom. The molecule has 1 aliphatic carbocycles. The second kappa shape index (κ2) is 11.8. The Hall–Kier alpha value is -0.860. The molecule has 3 atom stereocenters. The first kappa shape index (κ1) is 24.8. The lowest BCUT2D eigenvalue weighted by molar-refractivity contribution is -0.0721. The molecule has 3 fully saturated rings. The molecule has 1 aromatic rings. The first-order chi connectivity index (χ1) is 14.6. The molecule has 2 heterocycles. The van der Waals surface area contributed by atoms with Gasteiger partial charge in [0, 0.05) is 38.7 Å². The minimum Gasteiger partial charge on any atom is -0.376 e. The van der Waals surface area contributed by atoms with Crippen LogP contribution in [0.3, 0.4) is 0 Å². The van der Waals surface area contributed by atoms with Crippen LogP contribution in [0.15, 0.2) is 29.3 Å². The minimum absolute atomic E-state index is 0. The number of ether oxygens (including phenoxy) is 2. The lowest BCUT2D eigenvalue weighted by atomic mass is 10.0. The Kier molecular flexibility index (Phi) is 9.47. The average Bonchev–Trinajstić information content (AvgIpc) is 3.56. The predicted molar refractivity (Wildman–Crippen MR) is 138 cm³/mol. The smallest absolute Gasteiger partial charge is 0.193 e. The van der Waals surface area contributed by atoms with Crippen LogP contribution in [0.4, 0.5) is 0 Å². The zero-order chi connectivity index (χ0) is 20.9. The third-order valence-corrected chi connectivity index (χ3v) is 6.88. The van der Waals surface area contributed by atoms with Crippen molar-refractivity contribution in [2.75, 3.05) is 33.4 Å². The highest BCUT2D eigenvalue weighted by Gasteiger charge is 2.40. The van der Waals surface area contributed by atoms with Crippen LogP contribution in [0, 0.1) is 0 Å². The summed E-state index contributed by atoms with van der Waals surface area (Å²) in [6.45, 7) is 8.18. The van der Waals surface area contributed by atoms with Gasteiger partial charge in [-0.2, -0.15) is 0 Å². The topological polar surface area (TPSA) is 46.1 Å². The van der Waals surface area contributed by atoms with Crippen molar-refractivity contribution in [2.45, 2.75) is 82.5 Å². The van der Waals surface area contributed by atoms with E-state index < -0.39 is 0 Å². The van der Waals surface area contributed by atoms with Crippen LogP contribution in [0.5, 0.6) is 0 Å². The normalized spacial score (nSPS) is 27.2. The monoisotopic (exact) mass is 541 g/mol. The molecule has 0 bridgehead atoms. The highest BCUT2D eigenvalue weighted by molar-refractivity contribution is 14.0. The molecule has 0 aromatic heterocycles. The zero-order valence-corrected chi connectivity index (χ0v) is 21.7. The van der Waals surface area contributed by atoms with E-state index in [0.717, 1.165) is 51.5 Å². The molecule has 3 unspecified atom stereocenters. The van der Waals surface area contributed by atoms with E-state index in [-0.39, 0.29) is 24.0 Å². The van der Waals surface area contributed by atoms with Crippen molar-refractivity contribution >= 4 is 29.9 Å². The number of nitrogens with one attached hydrogen (secondary N) is 1. The van der Waals surface area contributed by atoms with Crippen LogP contribution in [-0.2, 0) is 9.47 Å². The summed E-state index contributed by atoms with van der Waals surface area (Å²) in [5.74, 6) is 2.25. The van der Waals surface area contributed by atoms with E-state index in [1.54, 1.807) is 0 Å². The van der Waals surface area contributed by atoms with E-state index in [4.69, 9.17) is 9.47 Å². The number of nitrogens with zero attached hydrogens (tertiary/aromatic N) is 2. The van der Waals surface area contributed by atoms with Gasteiger partial charge in [-0.1, -0.05) is 38.1 Å². The highest BCUT2D eigenvalue weighted by atomic mass is 127. The number of likely N-dealkylation sites (tertiary alicyclic amines) is 1. The van der Waals surface area contributed by atoms with Crippen LogP contribution in [0.25, 0.3) is 0 Å². The fourth-order valence-corrected chi connectivity index (χ4v) is 4.73. The van der Waals surface area contributed by atoms with Gasteiger partial charge < -0.3 is 19.7 Å². The van der Waals surface area contributed by atoms with Gasteiger partial charge in [-0.15, -0.1) is 24.0 Å². The molecule has 0 amide bonds. The van der Waals surface area contributed by atoms with E-state index in [1.807, 2.05) is 7.05 Å². The number of aliphatic imine (C=N–C) groups is 1.